The second-order valence-corrected chi connectivity index (χ2v) is 13.6. The number of Topliss-reactive ketones (excluding diaryl/α,β-unsaturated/α-hetero) is 1. The molecule has 2 N–H and O–H groups in total. The van der Waals surface area contributed by atoms with Crippen LogP contribution in [0.15, 0.2) is 16.1 Å². The van der Waals surface area contributed by atoms with Crippen LogP contribution in [0.2, 0.25) is 0 Å². The number of thiazole rings is 1. The van der Waals surface area contributed by atoms with Crippen LogP contribution in [0.25, 0.3) is 16.5 Å². The molecule has 228 valence electrons. The number of esters is 1. The molecule has 10 nitrogen and oxygen atoms in total. The van der Waals surface area contributed by atoms with Crippen LogP contribution in [-0.4, -0.2) is 63.5 Å². The van der Waals surface area contributed by atoms with Crippen LogP contribution in [0.5, 0.6) is 0 Å². The van der Waals surface area contributed by atoms with Gasteiger partial charge in [0.1, 0.15) is 11.9 Å². The fourth-order valence-corrected chi connectivity index (χ4v) is 6.33. The molecule has 0 radical (unpaired) electrons. The number of hydrogen-bond acceptors (Lipinski definition) is 9. The molecule has 1 aromatic rings. The quantitative estimate of drug-likeness (QED) is 0.0993. The van der Waals surface area contributed by atoms with Gasteiger partial charge in [0.05, 0.1) is 46.5 Å². The Labute approximate surface area is 247 Å². The zero-order valence-electron chi connectivity index (χ0n) is 25.2. The lowest BCUT2D eigenvalue weighted by Crippen LogP contribution is -2.46. The summed E-state index contributed by atoms with van der Waals surface area (Å²) in [7, 11) is 0. The molecule has 0 aliphatic carbocycles. The third-order valence-corrected chi connectivity index (χ3v) is 9.63. The minimum absolute atomic E-state index is 0.0827. The van der Waals surface area contributed by atoms with E-state index < -0.39 is 35.6 Å². The zero-order chi connectivity index (χ0) is 30.4. The van der Waals surface area contributed by atoms with Gasteiger partial charge in [0, 0.05) is 29.2 Å². The van der Waals surface area contributed by atoms with E-state index in [0.717, 1.165) is 35.5 Å². The van der Waals surface area contributed by atoms with E-state index in [1.165, 1.54) is 0 Å². The number of aromatic nitrogens is 1. The van der Waals surface area contributed by atoms with E-state index in [0.29, 0.717) is 32.2 Å². The van der Waals surface area contributed by atoms with E-state index in [1.54, 1.807) is 25.2 Å². The summed E-state index contributed by atoms with van der Waals surface area (Å²) < 4.78 is 12.0. The van der Waals surface area contributed by atoms with Gasteiger partial charge in [-0.3, -0.25) is 9.59 Å². The van der Waals surface area contributed by atoms with Gasteiger partial charge < -0.3 is 19.7 Å². The summed E-state index contributed by atoms with van der Waals surface area (Å²) in [5.74, 6) is -1.74. The van der Waals surface area contributed by atoms with Crippen molar-refractivity contribution in [3.63, 3.8) is 0 Å². The summed E-state index contributed by atoms with van der Waals surface area (Å²) in [6.07, 6.45) is 3.13. The largest absolute Gasteiger partial charge is 0.458 e. The Morgan fingerprint density at radius 3 is 2.68 bits per heavy atom. The minimum Gasteiger partial charge on any atom is -0.458 e. The van der Waals surface area contributed by atoms with E-state index in [4.69, 9.17) is 15.0 Å². The molecule has 3 heterocycles. The van der Waals surface area contributed by atoms with Gasteiger partial charge in [-0.25, -0.2) is 4.98 Å². The van der Waals surface area contributed by atoms with Gasteiger partial charge in [-0.1, -0.05) is 38.7 Å². The molecule has 7 atom stereocenters. The van der Waals surface area contributed by atoms with Gasteiger partial charge >= 0.3 is 5.97 Å². The topological polar surface area (TPSA) is 158 Å². The number of carbonyl (C=O) groups is 2. The smallest absolute Gasteiger partial charge is 0.309 e. The molecule has 2 unspecified atom stereocenters. The van der Waals surface area contributed by atoms with E-state index in [9.17, 15) is 19.8 Å². The lowest BCUT2D eigenvalue weighted by atomic mass is 9.71. The molecule has 1 aromatic heterocycles. The first-order chi connectivity index (χ1) is 19.3. The highest BCUT2D eigenvalue weighted by Gasteiger charge is 2.53. The second kappa shape index (κ2) is 14.2. The molecule has 0 spiro atoms. The summed E-state index contributed by atoms with van der Waals surface area (Å²) in [5, 5.41) is 28.9. The van der Waals surface area contributed by atoms with Crippen molar-refractivity contribution in [1.29, 1.82) is 0 Å². The number of cyclic esters (lactones) is 1. The number of ketones is 1. The number of hydrogen-bond donors (Lipinski definition) is 2. The Kier molecular flexibility index (Phi) is 11.5. The van der Waals surface area contributed by atoms with Crippen molar-refractivity contribution in [2.75, 3.05) is 6.54 Å². The normalized spacial score (nSPS) is 33.4. The zero-order valence-corrected chi connectivity index (χ0v) is 26.0. The van der Waals surface area contributed by atoms with Crippen LogP contribution in [0, 0.1) is 24.2 Å². The number of aliphatic hydroxyl groups is 2. The number of fused-ring (bicyclic) bond motifs is 1. The molecule has 0 amide bonds. The summed E-state index contributed by atoms with van der Waals surface area (Å²) >= 11 is 1.55. The van der Waals surface area contributed by atoms with Crippen molar-refractivity contribution in [2.45, 2.75) is 123 Å². The Bertz CT molecular complexity index is 1150. The SMILES string of the molecule is C/C(=C\c1csc(C)n1)C1C[C@@H]2OC2(C)CCC[C@H](C)[C@H](O)[C@@H](CCCCN=[N+]=[N-])C(=O)C(C)(C)[C@@H](O)CC(=O)O1. The van der Waals surface area contributed by atoms with Gasteiger partial charge in [-0.05, 0) is 69.6 Å². The lowest BCUT2D eigenvalue weighted by Gasteiger charge is -2.36. The Morgan fingerprint density at radius 1 is 1.29 bits per heavy atom. The summed E-state index contributed by atoms with van der Waals surface area (Å²) in [5.41, 5.74) is 8.55. The monoisotopic (exact) mass is 590 g/mol. The Balaban J connectivity index is 1.85. The van der Waals surface area contributed by atoms with E-state index in [2.05, 4.69) is 21.9 Å². The standard InChI is InChI=1S/C30H46N4O6S/c1-18-10-9-12-30(6)25(40-30)15-23(19(2)14-21-17-41-20(3)33-21)39-26(36)16-24(35)29(4,5)28(38)22(27(18)37)11-7-8-13-32-34-31/h14,17-18,22-25,27,35,37H,7-13,15-16H2,1-6H3/b19-14+/t18-,22+,23?,24-,25-,27-,30?/m0/s1. The number of ether oxygens (including phenoxy) is 2. The maximum absolute atomic E-state index is 13.9. The molecule has 11 heteroatoms. The molecule has 41 heavy (non-hydrogen) atoms. The highest BCUT2D eigenvalue weighted by Crippen LogP contribution is 2.45. The molecule has 2 saturated heterocycles. The molecule has 2 aliphatic heterocycles. The first-order valence-corrected chi connectivity index (χ1v) is 15.6. The first-order valence-electron chi connectivity index (χ1n) is 14.7. The van der Waals surface area contributed by atoms with Gasteiger partial charge in [0.15, 0.2) is 0 Å². The van der Waals surface area contributed by atoms with Crippen LogP contribution in [0.1, 0.15) is 96.7 Å². The highest BCUT2D eigenvalue weighted by molar-refractivity contribution is 7.09. The molecule has 3 rings (SSSR count). The van der Waals surface area contributed by atoms with Crippen molar-refractivity contribution >= 4 is 29.2 Å². The van der Waals surface area contributed by atoms with Gasteiger partial charge in [-0.2, -0.15) is 0 Å². The second-order valence-electron chi connectivity index (χ2n) is 12.5. The molecular formula is C30H46N4O6S. The van der Waals surface area contributed by atoms with Crippen molar-refractivity contribution in [2.24, 2.45) is 22.4 Å². The number of rotatable bonds is 7. The first kappa shape index (κ1) is 33.2. The summed E-state index contributed by atoms with van der Waals surface area (Å²) in [6.45, 7) is 11.4. The highest BCUT2D eigenvalue weighted by atomic mass is 32.1. The van der Waals surface area contributed by atoms with Crippen LogP contribution >= 0.6 is 11.3 Å². The molecular weight excluding hydrogens is 544 g/mol. The molecule has 2 fully saturated rings. The third kappa shape index (κ3) is 8.85. The third-order valence-electron chi connectivity index (χ3n) is 8.84. The molecule has 0 aromatic carbocycles. The van der Waals surface area contributed by atoms with Crippen molar-refractivity contribution in [3.8, 4) is 0 Å². The van der Waals surface area contributed by atoms with Crippen molar-refractivity contribution in [1.82, 2.24) is 4.98 Å². The predicted octanol–water partition coefficient (Wildman–Crippen LogP) is 5.94. The molecule has 2 aliphatic rings. The Hall–Kier alpha value is -2.30. The van der Waals surface area contributed by atoms with Gasteiger partial charge in [0.2, 0.25) is 0 Å². The average molecular weight is 591 g/mol. The van der Waals surface area contributed by atoms with Crippen molar-refractivity contribution < 1.29 is 29.3 Å². The number of epoxide rings is 1. The van der Waals surface area contributed by atoms with Crippen LogP contribution < -0.4 is 0 Å². The number of aryl methyl sites for hydroxylation is 1. The van der Waals surface area contributed by atoms with E-state index >= 15 is 0 Å². The molecule has 0 bridgehead atoms. The minimum atomic E-state index is -1.29. The van der Waals surface area contributed by atoms with Gasteiger partial charge in [-0.15, -0.1) is 11.3 Å². The van der Waals surface area contributed by atoms with E-state index in [1.807, 2.05) is 32.2 Å². The number of carbonyl (C=O) groups excluding carboxylic acids is 2. The van der Waals surface area contributed by atoms with Crippen molar-refractivity contribution in [3.05, 3.63) is 32.1 Å². The van der Waals surface area contributed by atoms with Gasteiger partial charge in [0.25, 0.3) is 0 Å². The number of azide groups is 1. The predicted molar refractivity (Wildman–Crippen MR) is 158 cm³/mol. The number of nitrogens with zero attached hydrogens (tertiary/aromatic N) is 4. The average Bonchev–Trinajstić information content (AvgIpc) is 3.35. The maximum atomic E-state index is 13.9. The number of unbranched alkanes of at least 4 members (excludes halogenated alkanes) is 1. The Morgan fingerprint density at radius 2 is 2.02 bits per heavy atom. The fourth-order valence-electron chi connectivity index (χ4n) is 5.75. The maximum Gasteiger partial charge on any atom is 0.309 e. The summed E-state index contributed by atoms with van der Waals surface area (Å²) in [4.78, 5) is 34.3. The summed E-state index contributed by atoms with van der Waals surface area (Å²) in [6, 6.07) is 0. The van der Waals surface area contributed by atoms with Crippen LogP contribution in [0.4, 0.5) is 0 Å². The van der Waals surface area contributed by atoms with E-state index in [-0.39, 0.29) is 29.8 Å². The molecule has 0 saturated carbocycles. The number of aliphatic hydroxyl groups excluding tert-OH is 2. The fraction of sp³-hybridized carbons (Fsp3) is 0.767. The lowest BCUT2D eigenvalue weighted by molar-refractivity contribution is -0.154. The van der Waals surface area contributed by atoms with Crippen LogP contribution in [-0.2, 0) is 19.1 Å². The van der Waals surface area contributed by atoms with Crippen LogP contribution in [0.3, 0.4) is 0 Å².